The highest BCUT2D eigenvalue weighted by Gasteiger charge is 2.20. The minimum Gasteiger partial charge on any atom is -0.357 e. The number of nitrogens with one attached hydrogen (secondary N) is 1. The number of hydrogen-bond acceptors (Lipinski definition) is 5. The molecule has 0 aliphatic carbocycles. The minimum atomic E-state index is 0.815. The van der Waals surface area contributed by atoms with Crippen LogP contribution >= 0.6 is 11.8 Å². The first-order valence-electron chi connectivity index (χ1n) is 8.09. The van der Waals surface area contributed by atoms with Gasteiger partial charge < -0.3 is 15.1 Å². The molecule has 1 saturated heterocycles. The molecule has 2 rings (SSSR count). The van der Waals surface area contributed by atoms with Gasteiger partial charge in [0, 0.05) is 56.6 Å². The highest BCUT2D eigenvalue weighted by molar-refractivity contribution is 7.99. The molecule has 1 aliphatic heterocycles. The summed E-state index contributed by atoms with van der Waals surface area (Å²) in [6, 6.07) is 1.85. The summed E-state index contributed by atoms with van der Waals surface area (Å²) >= 11 is 1.86. The monoisotopic (exact) mass is 334 g/mol. The van der Waals surface area contributed by atoms with Gasteiger partial charge in [-0.3, -0.25) is 4.99 Å². The molecule has 0 radical (unpaired) electrons. The summed E-state index contributed by atoms with van der Waals surface area (Å²) in [6.07, 6.45) is 5.52. The van der Waals surface area contributed by atoms with Crippen LogP contribution in [0.4, 0.5) is 5.95 Å². The average molecular weight is 334 g/mol. The fraction of sp³-hybridized carbons (Fsp3) is 0.562. The molecule has 1 aliphatic rings. The van der Waals surface area contributed by atoms with Crippen LogP contribution in [-0.2, 0) is 0 Å². The number of hydrogen-bond donors (Lipinski definition) is 1. The lowest BCUT2D eigenvalue weighted by Crippen LogP contribution is -2.53. The van der Waals surface area contributed by atoms with Crippen LogP contribution in [0.1, 0.15) is 6.92 Å². The van der Waals surface area contributed by atoms with E-state index in [1.54, 1.807) is 12.4 Å². The molecule has 7 heteroatoms. The summed E-state index contributed by atoms with van der Waals surface area (Å²) in [5.74, 6) is 3.84. The third kappa shape index (κ3) is 5.74. The predicted molar refractivity (Wildman–Crippen MR) is 99.3 cm³/mol. The molecule has 0 aromatic carbocycles. The van der Waals surface area contributed by atoms with Crippen LogP contribution in [0.5, 0.6) is 0 Å². The van der Waals surface area contributed by atoms with Gasteiger partial charge in [0.1, 0.15) is 0 Å². The predicted octanol–water partition coefficient (Wildman–Crippen LogP) is 1.48. The summed E-state index contributed by atoms with van der Waals surface area (Å²) < 4.78 is 0. The molecular formula is C16H26N6S. The fourth-order valence-electron chi connectivity index (χ4n) is 2.38. The molecule has 0 amide bonds. The Kier molecular flexibility index (Phi) is 7.72. The Morgan fingerprint density at radius 3 is 2.74 bits per heavy atom. The molecule has 0 bridgehead atoms. The van der Waals surface area contributed by atoms with Gasteiger partial charge in [-0.05, 0) is 13.0 Å². The Balaban J connectivity index is 1.84. The summed E-state index contributed by atoms with van der Waals surface area (Å²) in [5, 5.41) is 3.39. The number of aliphatic imine (C=N–C) groups is 1. The van der Waals surface area contributed by atoms with Crippen LogP contribution in [0.15, 0.2) is 36.1 Å². The third-order valence-corrected chi connectivity index (χ3v) is 4.42. The van der Waals surface area contributed by atoms with Gasteiger partial charge in [0.25, 0.3) is 0 Å². The molecule has 0 atom stereocenters. The molecule has 126 valence electrons. The lowest BCUT2D eigenvalue weighted by molar-refractivity contribution is 0.370. The number of anilines is 1. The van der Waals surface area contributed by atoms with Gasteiger partial charge in [-0.25, -0.2) is 9.97 Å². The smallest absolute Gasteiger partial charge is 0.225 e. The maximum atomic E-state index is 4.73. The van der Waals surface area contributed by atoms with Gasteiger partial charge >= 0.3 is 0 Å². The maximum absolute atomic E-state index is 4.73. The number of nitrogens with zero attached hydrogens (tertiary/aromatic N) is 5. The summed E-state index contributed by atoms with van der Waals surface area (Å²) in [4.78, 5) is 17.9. The van der Waals surface area contributed by atoms with Crippen LogP contribution in [0, 0.1) is 0 Å². The highest BCUT2D eigenvalue weighted by Crippen LogP contribution is 2.10. The third-order valence-electron chi connectivity index (χ3n) is 3.48. The second kappa shape index (κ2) is 10.1. The molecule has 0 unspecified atom stereocenters. The number of rotatable bonds is 7. The van der Waals surface area contributed by atoms with Gasteiger partial charge in [0.15, 0.2) is 5.96 Å². The number of guanidine groups is 1. The molecule has 1 N–H and O–H groups in total. The molecule has 23 heavy (non-hydrogen) atoms. The van der Waals surface area contributed by atoms with E-state index in [4.69, 9.17) is 4.99 Å². The van der Waals surface area contributed by atoms with Gasteiger partial charge in [-0.1, -0.05) is 6.08 Å². The minimum absolute atomic E-state index is 0.815. The zero-order valence-corrected chi connectivity index (χ0v) is 14.6. The van der Waals surface area contributed by atoms with Crippen LogP contribution in [0.25, 0.3) is 0 Å². The van der Waals surface area contributed by atoms with Crippen LogP contribution in [0.3, 0.4) is 0 Å². The number of thioether (sulfide) groups is 1. The van der Waals surface area contributed by atoms with Gasteiger partial charge in [0.05, 0.1) is 6.54 Å². The normalized spacial score (nSPS) is 15.6. The van der Waals surface area contributed by atoms with Crippen molar-refractivity contribution in [3.05, 3.63) is 31.1 Å². The summed E-state index contributed by atoms with van der Waals surface area (Å²) in [7, 11) is 0. The van der Waals surface area contributed by atoms with Gasteiger partial charge in [0.2, 0.25) is 5.95 Å². The lowest BCUT2D eigenvalue weighted by atomic mass is 10.3. The van der Waals surface area contributed by atoms with Crippen LogP contribution < -0.4 is 10.2 Å². The Labute approximate surface area is 143 Å². The fourth-order valence-corrected chi connectivity index (χ4v) is 2.94. The van der Waals surface area contributed by atoms with Crippen molar-refractivity contribution in [2.75, 3.05) is 55.7 Å². The van der Waals surface area contributed by atoms with E-state index in [0.29, 0.717) is 0 Å². The topological polar surface area (TPSA) is 56.7 Å². The van der Waals surface area contributed by atoms with E-state index >= 15 is 0 Å². The van der Waals surface area contributed by atoms with Gasteiger partial charge in [-0.2, -0.15) is 11.8 Å². The standard InChI is InChI=1S/C16H26N6S/c1-3-13-23-14-8-20-15(17-4-2)21-9-11-22(12-10-21)16-18-6-5-7-19-16/h3,5-7H,1,4,8-14H2,2H3,(H,17,20). The quantitative estimate of drug-likeness (QED) is 0.353. The average Bonchev–Trinajstić information content (AvgIpc) is 2.61. The molecule has 1 aromatic heterocycles. The first-order valence-corrected chi connectivity index (χ1v) is 9.24. The van der Waals surface area contributed by atoms with Crippen molar-refractivity contribution in [2.24, 2.45) is 4.99 Å². The van der Waals surface area contributed by atoms with Crippen molar-refractivity contribution < 1.29 is 0 Å². The van der Waals surface area contributed by atoms with E-state index in [1.807, 2.05) is 23.9 Å². The van der Waals surface area contributed by atoms with E-state index in [0.717, 1.165) is 62.7 Å². The van der Waals surface area contributed by atoms with E-state index in [1.165, 1.54) is 0 Å². The summed E-state index contributed by atoms with van der Waals surface area (Å²) in [6.45, 7) is 11.3. The van der Waals surface area contributed by atoms with Crippen LogP contribution in [-0.4, -0.2) is 71.6 Å². The molecule has 0 spiro atoms. The molecular weight excluding hydrogens is 308 g/mol. The zero-order chi connectivity index (χ0) is 16.3. The first-order chi connectivity index (χ1) is 11.3. The molecule has 0 saturated carbocycles. The second-order valence-electron chi connectivity index (χ2n) is 5.12. The van der Waals surface area contributed by atoms with Crippen molar-refractivity contribution in [3.8, 4) is 0 Å². The molecule has 1 fully saturated rings. The first kappa shape index (κ1) is 17.6. The molecule has 1 aromatic rings. The van der Waals surface area contributed by atoms with E-state index in [-0.39, 0.29) is 0 Å². The Bertz CT molecular complexity index is 485. The lowest BCUT2D eigenvalue weighted by Gasteiger charge is -2.36. The summed E-state index contributed by atoms with van der Waals surface area (Å²) in [5.41, 5.74) is 0. The Hall–Kier alpha value is -1.76. The molecule has 2 heterocycles. The maximum Gasteiger partial charge on any atom is 0.225 e. The number of aromatic nitrogens is 2. The van der Waals surface area contributed by atoms with Crippen molar-refractivity contribution >= 4 is 23.7 Å². The Morgan fingerprint density at radius 1 is 1.35 bits per heavy atom. The Morgan fingerprint density at radius 2 is 2.09 bits per heavy atom. The number of piperazine rings is 1. The SMILES string of the molecule is C=CCSCCN=C(NCC)N1CCN(c2ncccn2)CC1. The highest BCUT2D eigenvalue weighted by atomic mass is 32.2. The van der Waals surface area contributed by atoms with Crippen molar-refractivity contribution in [1.29, 1.82) is 0 Å². The largest absolute Gasteiger partial charge is 0.357 e. The van der Waals surface area contributed by atoms with E-state index in [9.17, 15) is 0 Å². The van der Waals surface area contributed by atoms with Crippen LogP contribution in [0.2, 0.25) is 0 Å². The molecule has 6 nitrogen and oxygen atoms in total. The van der Waals surface area contributed by atoms with Gasteiger partial charge in [-0.15, -0.1) is 6.58 Å². The van der Waals surface area contributed by atoms with E-state index in [2.05, 4.69) is 38.6 Å². The van der Waals surface area contributed by atoms with E-state index < -0.39 is 0 Å². The second-order valence-corrected chi connectivity index (χ2v) is 6.27. The van der Waals surface area contributed by atoms with Crippen molar-refractivity contribution in [2.45, 2.75) is 6.92 Å². The van der Waals surface area contributed by atoms with Crippen molar-refractivity contribution in [3.63, 3.8) is 0 Å². The van der Waals surface area contributed by atoms with Crippen molar-refractivity contribution in [1.82, 2.24) is 20.2 Å². The zero-order valence-electron chi connectivity index (χ0n) is 13.8.